The van der Waals surface area contributed by atoms with Gasteiger partial charge in [0.2, 0.25) is 0 Å². The monoisotopic (exact) mass is 154 g/mol. The Kier molecular flexibility index (Phi) is 1.06. The summed E-state index contributed by atoms with van der Waals surface area (Å²) < 4.78 is 10.9. The van der Waals surface area contributed by atoms with E-state index in [0.29, 0.717) is 12.2 Å². The fourth-order valence-electron chi connectivity index (χ4n) is 2.64. The van der Waals surface area contributed by atoms with Crippen LogP contribution in [0.3, 0.4) is 0 Å². The van der Waals surface area contributed by atoms with Crippen molar-refractivity contribution in [1.82, 2.24) is 0 Å². The highest BCUT2D eigenvalue weighted by atomic mass is 16.7. The Bertz CT molecular complexity index is 178. The van der Waals surface area contributed by atoms with E-state index in [-0.39, 0.29) is 5.60 Å². The van der Waals surface area contributed by atoms with Gasteiger partial charge in [-0.05, 0) is 37.5 Å². The normalized spacial score (nSPS) is 45.8. The minimum absolute atomic E-state index is 0.163. The molecule has 0 N–H and O–H groups in total. The Morgan fingerprint density at radius 1 is 1.00 bits per heavy atom. The quantitative estimate of drug-likeness (QED) is 0.528. The first-order valence-corrected chi connectivity index (χ1v) is 4.55. The molecule has 0 amide bonds. The van der Waals surface area contributed by atoms with Gasteiger partial charge in [0, 0.05) is 0 Å². The van der Waals surface area contributed by atoms with Gasteiger partial charge in [-0.15, -0.1) is 0 Å². The molecule has 0 bridgehead atoms. The predicted molar refractivity (Wildman–Crippen MR) is 40.2 cm³/mol. The molecule has 0 radical (unpaired) electrons. The largest absolute Gasteiger partial charge is 0.352 e. The maximum atomic E-state index is 5.65. The van der Waals surface area contributed by atoms with Crippen LogP contribution in [0.5, 0.6) is 0 Å². The van der Waals surface area contributed by atoms with E-state index in [1.807, 2.05) is 0 Å². The second-order valence-electron chi connectivity index (χ2n) is 4.47. The molecule has 62 valence electrons. The van der Waals surface area contributed by atoms with Crippen LogP contribution in [0.4, 0.5) is 0 Å². The molecule has 1 heterocycles. The summed E-state index contributed by atoms with van der Waals surface area (Å²) in [6, 6.07) is 0. The summed E-state index contributed by atoms with van der Waals surface area (Å²) >= 11 is 0. The third-order valence-corrected chi connectivity index (χ3v) is 3.58. The van der Waals surface area contributed by atoms with Gasteiger partial charge in [0.05, 0.1) is 12.2 Å². The van der Waals surface area contributed by atoms with Crippen LogP contribution in [0, 0.1) is 5.41 Å². The zero-order valence-corrected chi connectivity index (χ0v) is 6.77. The molecule has 11 heavy (non-hydrogen) atoms. The first-order valence-electron chi connectivity index (χ1n) is 4.55. The summed E-state index contributed by atoms with van der Waals surface area (Å²) in [7, 11) is 0. The van der Waals surface area contributed by atoms with Crippen molar-refractivity contribution >= 4 is 0 Å². The lowest BCUT2D eigenvalue weighted by atomic mass is 10.00. The van der Waals surface area contributed by atoms with Crippen LogP contribution in [0.1, 0.15) is 32.1 Å². The van der Waals surface area contributed by atoms with Gasteiger partial charge in [0.25, 0.3) is 0 Å². The minimum atomic E-state index is 0.163. The van der Waals surface area contributed by atoms with Gasteiger partial charge < -0.3 is 9.47 Å². The molecule has 1 aliphatic heterocycles. The molecule has 2 nitrogen and oxygen atoms in total. The van der Waals surface area contributed by atoms with E-state index in [4.69, 9.17) is 9.47 Å². The summed E-state index contributed by atoms with van der Waals surface area (Å²) in [4.78, 5) is 0. The first-order chi connectivity index (χ1) is 5.33. The van der Waals surface area contributed by atoms with E-state index in [9.17, 15) is 0 Å². The smallest absolute Gasteiger partial charge is 0.147 e. The van der Waals surface area contributed by atoms with Crippen molar-refractivity contribution in [3.8, 4) is 0 Å². The average Bonchev–Trinajstić information content (AvgIpc) is 2.46. The van der Waals surface area contributed by atoms with E-state index < -0.39 is 0 Å². The molecule has 2 aliphatic carbocycles. The minimum Gasteiger partial charge on any atom is -0.352 e. The molecule has 1 saturated heterocycles. The summed E-state index contributed by atoms with van der Waals surface area (Å²) in [5.41, 5.74) is 0.879. The molecule has 2 heteroatoms. The number of ether oxygens (including phenoxy) is 2. The zero-order valence-electron chi connectivity index (χ0n) is 6.77. The Labute approximate surface area is 66.9 Å². The van der Waals surface area contributed by atoms with Gasteiger partial charge in [-0.25, -0.2) is 0 Å². The fraction of sp³-hybridized carbons (Fsp3) is 1.00. The van der Waals surface area contributed by atoms with Crippen molar-refractivity contribution in [3.05, 3.63) is 0 Å². The predicted octanol–water partition coefficient (Wildman–Crippen LogP) is 1.69. The number of hydrogen-bond donors (Lipinski definition) is 0. The summed E-state index contributed by atoms with van der Waals surface area (Å²) in [6.07, 6.45) is 6.79. The van der Waals surface area contributed by atoms with Crippen molar-refractivity contribution in [2.45, 2.75) is 37.7 Å². The molecule has 0 aromatic rings. The highest BCUT2D eigenvalue weighted by Crippen LogP contribution is 2.62. The van der Waals surface area contributed by atoms with Crippen molar-refractivity contribution < 1.29 is 9.47 Å². The lowest BCUT2D eigenvalue weighted by Crippen LogP contribution is -2.27. The Balaban J connectivity index is 1.80. The van der Waals surface area contributed by atoms with E-state index in [1.165, 1.54) is 32.1 Å². The molecule has 3 fully saturated rings. The van der Waals surface area contributed by atoms with Crippen LogP contribution in [0.15, 0.2) is 0 Å². The molecular formula is C9H14O2. The molecule has 2 spiro atoms. The van der Waals surface area contributed by atoms with Crippen LogP contribution in [-0.4, -0.2) is 19.0 Å². The molecule has 1 atom stereocenters. The van der Waals surface area contributed by atoms with Crippen LogP contribution in [-0.2, 0) is 9.47 Å². The van der Waals surface area contributed by atoms with Gasteiger partial charge in [-0.2, -0.15) is 0 Å². The topological polar surface area (TPSA) is 18.5 Å². The maximum absolute atomic E-state index is 5.65. The van der Waals surface area contributed by atoms with Gasteiger partial charge >= 0.3 is 0 Å². The van der Waals surface area contributed by atoms with E-state index >= 15 is 0 Å². The van der Waals surface area contributed by atoms with Crippen LogP contribution in [0.2, 0.25) is 0 Å². The van der Waals surface area contributed by atoms with E-state index in [0.717, 1.165) is 6.61 Å². The molecular weight excluding hydrogens is 140 g/mol. The SMILES string of the molecule is C1OCC2(CCC3(CC3)C2)O1. The van der Waals surface area contributed by atoms with Crippen LogP contribution < -0.4 is 0 Å². The van der Waals surface area contributed by atoms with Crippen LogP contribution in [0.25, 0.3) is 0 Å². The fourth-order valence-corrected chi connectivity index (χ4v) is 2.64. The molecule has 0 aromatic carbocycles. The van der Waals surface area contributed by atoms with E-state index in [2.05, 4.69) is 0 Å². The second kappa shape index (κ2) is 1.80. The van der Waals surface area contributed by atoms with Crippen molar-refractivity contribution in [1.29, 1.82) is 0 Å². The van der Waals surface area contributed by atoms with Gasteiger partial charge in [-0.3, -0.25) is 0 Å². The Hall–Kier alpha value is -0.0800. The Morgan fingerprint density at radius 2 is 1.82 bits per heavy atom. The van der Waals surface area contributed by atoms with Crippen molar-refractivity contribution in [2.24, 2.45) is 5.41 Å². The second-order valence-corrected chi connectivity index (χ2v) is 4.47. The van der Waals surface area contributed by atoms with E-state index in [1.54, 1.807) is 0 Å². The van der Waals surface area contributed by atoms with Gasteiger partial charge in [-0.1, -0.05) is 0 Å². The third kappa shape index (κ3) is 0.859. The molecule has 0 aromatic heterocycles. The molecule has 2 saturated carbocycles. The number of hydrogen-bond acceptors (Lipinski definition) is 2. The summed E-state index contributed by atoms with van der Waals surface area (Å²) in [6.45, 7) is 1.39. The standard InChI is InChI=1S/C9H14O2/c1-2-8(1)3-4-9(5-8)6-10-7-11-9/h1-7H2. The summed E-state index contributed by atoms with van der Waals surface area (Å²) in [5, 5.41) is 0. The lowest BCUT2D eigenvalue weighted by Gasteiger charge is -2.19. The highest BCUT2D eigenvalue weighted by molar-refractivity contribution is 5.07. The van der Waals surface area contributed by atoms with Crippen LogP contribution >= 0.6 is 0 Å². The first kappa shape index (κ1) is 6.44. The Morgan fingerprint density at radius 3 is 2.36 bits per heavy atom. The van der Waals surface area contributed by atoms with Crippen molar-refractivity contribution in [2.75, 3.05) is 13.4 Å². The maximum Gasteiger partial charge on any atom is 0.147 e. The molecule has 3 aliphatic rings. The zero-order chi connectivity index (χ0) is 7.36. The summed E-state index contributed by atoms with van der Waals surface area (Å²) in [5.74, 6) is 0. The highest BCUT2D eigenvalue weighted by Gasteiger charge is 2.56. The number of rotatable bonds is 0. The van der Waals surface area contributed by atoms with Gasteiger partial charge in [0.1, 0.15) is 6.79 Å². The molecule has 3 rings (SSSR count). The van der Waals surface area contributed by atoms with Crippen molar-refractivity contribution in [3.63, 3.8) is 0 Å². The molecule has 1 unspecified atom stereocenters. The van der Waals surface area contributed by atoms with Gasteiger partial charge in [0.15, 0.2) is 0 Å². The average molecular weight is 154 g/mol. The third-order valence-electron chi connectivity index (χ3n) is 3.58. The lowest BCUT2D eigenvalue weighted by molar-refractivity contribution is -0.00715.